The van der Waals surface area contributed by atoms with E-state index in [1.165, 1.54) is 7.11 Å². The molecule has 0 aliphatic carbocycles. The van der Waals surface area contributed by atoms with Gasteiger partial charge in [0.25, 0.3) is 5.91 Å². The van der Waals surface area contributed by atoms with E-state index in [1.807, 2.05) is 54.6 Å². The van der Waals surface area contributed by atoms with Crippen molar-refractivity contribution in [3.05, 3.63) is 71.9 Å². The van der Waals surface area contributed by atoms with Crippen molar-refractivity contribution < 1.29 is 19.3 Å². The molecule has 0 spiro atoms. The molecular weight excluding hydrogens is 396 g/mol. The molecule has 3 aromatic rings. The van der Waals surface area contributed by atoms with Crippen LogP contribution in [0.25, 0.3) is 11.1 Å². The van der Waals surface area contributed by atoms with Crippen molar-refractivity contribution in [3.63, 3.8) is 0 Å². The fourth-order valence-electron chi connectivity index (χ4n) is 3.77. The van der Waals surface area contributed by atoms with Crippen LogP contribution in [0.1, 0.15) is 28.5 Å². The van der Waals surface area contributed by atoms with Crippen molar-refractivity contribution in [3.8, 4) is 11.1 Å². The maximum Gasteiger partial charge on any atom is 0.254 e. The van der Waals surface area contributed by atoms with Crippen LogP contribution in [-0.2, 0) is 17.7 Å². The lowest BCUT2D eigenvalue weighted by Gasteiger charge is -2.23. The molecule has 8 nitrogen and oxygen atoms in total. The molecule has 1 fully saturated rings. The van der Waals surface area contributed by atoms with Crippen molar-refractivity contribution >= 4 is 11.6 Å². The second-order valence-corrected chi connectivity index (χ2v) is 7.36. The first-order chi connectivity index (χ1) is 15.2. The number of carbonyl (C=O) groups is 1. The maximum absolute atomic E-state index is 13.3. The van der Waals surface area contributed by atoms with Crippen LogP contribution in [0, 0.1) is 0 Å². The zero-order valence-corrected chi connectivity index (χ0v) is 17.3. The highest BCUT2D eigenvalue weighted by Gasteiger charge is 2.35. The fraction of sp³-hybridized carbons (Fsp3) is 0.304. The van der Waals surface area contributed by atoms with E-state index < -0.39 is 0 Å². The van der Waals surface area contributed by atoms with Crippen molar-refractivity contribution in [2.24, 2.45) is 5.16 Å². The summed E-state index contributed by atoms with van der Waals surface area (Å²) in [7, 11) is 1.49. The van der Waals surface area contributed by atoms with E-state index in [-0.39, 0.29) is 18.6 Å². The molecule has 0 radical (unpaired) electrons. The summed E-state index contributed by atoms with van der Waals surface area (Å²) >= 11 is 0. The summed E-state index contributed by atoms with van der Waals surface area (Å²) in [6.07, 6.45) is 1.31. The van der Waals surface area contributed by atoms with Gasteiger partial charge in [0.15, 0.2) is 5.82 Å². The minimum atomic E-state index is -0.169. The lowest BCUT2D eigenvalue weighted by molar-refractivity contribution is 0.0735. The molecule has 8 heteroatoms. The van der Waals surface area contributed by atoms with E-state index in [0.717, 1.165) is 16.8 Å². The van der Waals surface area contributed by atoms with Crippen molar-refractivity contribution in [1.29, 1.82) is 0 Å². The molecule has 2 heterocycles. The predicted octanol–water partition coefficient (Wildman–Crippen LogP) is 2.73. The number of hydrogen-bond acceptors (Lipinski definition) is 7. The molecule has 31 heavy (non-hydrogen) atoms. The van der Waals surface area contributed by atoms with Crippen molar-refractivity contribution in [2.75, 3.05) is 20.3 Å². The molecule has 0 saturated carbocycles. The molecule has 1 saturated heterocycles. The summed E-state index contributed by atoms with van der Waals surface area (Å²) in [6, 6.07) is 17.5. The molecule has 1 aromatic heterocycles. The van der Waals surface area contributed by atoms with Gasteiger partial charge in [0.05, 0.1) is 18.9 Å². The molecule has 1 unspecified atom stereocenters. The van der Waals surface area contributed by atoms with Crippen LogP contribution in [0.2, 0.25) is 0 Å². The summed E-state index contributed by atoms with van der Waals surface area (Å²) in [5, 5.41) is 17.0. The Balaban J connectivity index is 1.52. The third-order valence-electron chi connectivity index (χ3n) is 5.24. The molecule has 160 valence electrons. The Morgan fingerprint density at radius 3 is 2.65 bits per heavy atom. The largest absolute Gasteiger partial charge is 0.399 e. The number of carbonyl (C=O) groups excluding carboxylic acids is 1. The van der Waals surface area contributed by atoms with Gasteiger partial charge >= 0.3 is 0 Å². The SMILES string of the molecule is CON=C1CC(Cc2nc(CCO)no2)N(C(=O)c2ccc(-c3ccccc3)cc2)C1. The normalized spacial score (nSPS) is 17.3. The van der Waals surface area contributed by atoms with Gasteiger partial charge in [-0.25, -0.2) is 0 Å². The Hall–Kier alpha value is -3.52. The molecule has 4 rings (SSSR count). The quantitative estimate of drug-likeness (QED) is 0.590. The summed E-state index contributed by atoms with van der Waals surface area (Å²) in [5.74, 6) is 0.806. The minimum Gasteiger partial charge on any atom is -0.399 e. The first-order valence-corrected chi connectivity index (χ1v) is 10.2. The van der Waals surface area contributed by atoms with Crippen molar-refractivity contribution in [2.45, 2.75) is 25.3 Å². The molecule has 2 aromatic carbocycles. The number of aromatic nitrogens is 2. The molecule has 1 N–H and O–H groups in total. The average Bonchev–Trinajstić information content (AvgIpc) is 3.41. The van der Waals surface area contributed by atoms with E-state index in [9.17, 15) is 4.79 Å². The standard InChI is InChI=1S/C23H24N4O4/c1-30-25-19-13-20(14-22-24-21(11-12-28)26-31-22)27(15-19)23(29)18-9-7-17(8-10-18)16-5-3-2-4-6-16/h2-10,20,28H,11-15H2,1H3. The van der Waals surface area contributed by atoms with E-state index in [0.29, 0.717) is 43.1 Å². The zero-order valence-electron chi connectivity index (χ0n) is 17.3. The minimum absolute atomic E-state index is 0.0450. The van der Waals surface area contributed by atoms with Gasteiger partial charge in [-0.05, 0) is 23.3 Å². The van der Waals surface area contributed by atoms with Crippen LogP contribution >= 0.6 is 0 Å². The Labute approximate surface area is 180 Å². The smallest absolute Gasteiger partial charge is 0.254 e. The van der Waals surface area contributed by atoms with Crippen LogP contribution in [0.15, 0.2) is 64.3 Å². The molecule has 1 aliphatic heterocycles. The van der Waals surface area contributed by atoms with E-state index in [4.69, 9.17) is 14.5 Å². The molecule has 1 aliphatic rings. The number of benzene rings is 2. The van der Waals surface area contributed by atoms with Gasteiger partial charge in [0.1, 0.15) is 7.11 Å². The van der Waals surface area contributed by atoms with E-state index in [1.54, 1.807) is 4.90 Å². The van der Waals surface area contributed by atoms with Gasteiger partial charge in [-0.2, -0.15) is 4.98 Å². The van der Waals surface area contributed by atoms with Crippen LogP contribution in [0.3, 0.4) is 0 Å². The summed E-state index contributed by atoms with van der Waals surface area (Å²) in [4.78, 5) is 24.3. The predicted molar refractivity (Wildman–Crippen MR) is 115 cm³/mol. The first-order valence-electron chi connectivity index (χ1n) is 10.2. The van der Waals surface area contributed by atoms with Gasteiger partial charge < -0.3 is 19.4 Å². The third-order valence-corrected chi connectivity index (χ3v) is 5.24. The third kappa shape index (κ3) is 4.80. The van der Waals surface area contributed by atoms with Gasteiger partial charge in [-0.1, -0.05) is 52.8 Å². The summed E-state index contributed by atoms with van der Waals surface area (Å²) < 4.78 is 5.29. The monoisotopic (exact) mass is 420 g/mol. The summed E-state index contributed by atoms with van der Waals surface area (Å²) in [6.45, 7) is 0.339. The van der Waals surface area contributed by atoms with Crippen LogP contribution in [0.4, 0.5) is 0 Å². The first kappa shape index (κ1) is 20.7. The number of oxime groups is 1. The van der Waals surface area contributed by atoms with Gasteiger partial charge in [0, 0.05) is 30.9 Å². The lowest BCUT2D eigenvalue weighted by Crippen LogP contribution is -2.37. The number of likely N-dealkylation sites (tertiary alicyclic amines) is 1. The molecule has 1 amide bonds. The van der Waals surface area contributed by atoms with Crippen LogP contribution in [0.5, 0.6) is 0 Å². The molecular formula is C23H24N4O4. The van der Waals surface area contributed by atoms with E-state index in [2.05, 4.69) is 15.3 Å². The maximum atomic E-state index is 13.3. The number of nitrogens with zero attached hydrogens (tertiary/aromatic N) is 4. The average molecular weight is 420 g/mol. The highest BCUT2D eigenvalue weighted by Crippen LogP contribution is 2.24. The van der Waals surface area contributed by atoms with Gasteiger partial charge in [-0.3, -0.25) is 4.79 Å². The number of rotatable bonds is 7. The molecule has 1 atom stereocenters. The second-order valence-electron chi connectivity index (χ2n) is 7.36. The van der Waals surface area contributed by atoms with Crippen LogP contribution < -0.4 is 0 Å². The van der Waals surface area contributed by atoms with Gasteiger partial charge in [-0.15, -0.1) is 0 Å². The Bertz CT molecular complexity index is 1050. The highest BCUT2D eigenvalue weighted by atomic mass is 16.6. The zero-order chi connectivity index (χ0) is 21.6. The highest BCUT2D eigenvalue weighted by molar-refractivity contribution is 6.00. The van der Waals surface area contributed by atoms with Gasteiger partial charge in [0.2, 0.25) is 5.89 Å². The summed E-state index contributed by atoms with van der Waals surface area (Å²) in [5.41, 5.74) is 3.55. The molecule has 0 bridgehead atoms. The number of aliphatic hydroxyl groups excluding tert-OH is 1. The van der Waals surface area contributed by atoms with E-state index >= 15 is 0 Å². The second kappa shape index (κ2) is 9.53. The number of aliphatic hydroxyl groups is 1. The Morgan fingerprint density at radius 1 is 1.19 bits per heavy atom. The Kier molecular flexibility index (Phi) is 6.37. The fourth-order valence-corrected chi connectivity index (χ4v) is 3.77. The topological polar surface area (TPSA) is 101 Å². The number of hydrogen-bond donors (Lipinski definition) is 1. The Morgan fingerprint density at radius 2 is 1.94 bits per heavy atom. The number of amides is 1. The van der Waals surface area contributed by atoms with Crippen LogP contribution in [-0.4, -0.2) is 58.1 Å². The van der Waals surface area contributed by atoms with Crippen molar-refractivity contribution in [1.82, 2.24) is 15.0 Å². The lowest BCUT2D eigenvalue weighted by atomic mass is 10.0.